The van der Waals surface area contributed by atoms with Gasteiger partial charge >= 0.3 is 0 Å². The molecule has 1 aliphatic rings. The van der Waals surface area contributed by atoms with Gasteiger partial charge in [0, 0.05) is 56.5 Å². The molecule has 0 spiro atoms. The number of piperazine rings is 1. The van der Waals surface area contributed by atoms with E-state index in [0.717, 1.165) is 6.54 Å². The van der Waals surface area contributed by atoms with Crippen LogP contribution in [0.4, 0.5) is 0 Å². The van der Waals surface area contributed by atoms with E-state index >= 15 is 0 Å². The van der Waals surface area contributed by atoms with Crippen LogP contribution >= 0.6 is 0 Å². The number of aromatic amines is 1. The highest BCUT2D eigenvalue weighted by Gasteiger charge is 2.30. The molecule has 14 nitrogen and oxygen atoms in total. The number of aromatic nitrogens is 8. The summed E-state index contributed by atoms with van der Waals surface area (Å²) >= 11 is 0. The second-order valence-electron chi connectivity index (χ2n) is 10.2. The Morgan fingerprint density at radius 2 is 1.77 bits per heavy atom. The summed E-state index contributed by atoms with van der Waals surface area (Å²) in [5.74, 6) is 0.769. The highest BCUT2D eigenvalue weighted by atomic mass is 32.2. The van der Waals surface area contributed by atoms with Crippen LogP contribution in [0.25, 0.3) is 33.7 Å². The van der Waals surface area contributed by atoms with Crippen LogP contribution in [-0.2, 0) is 16.6 Å². The van der Waals surface area contributed by atoms with Gasteiger partial charge in [0.05, 0.1) is 24.1 Å². The zero-order valence-corrected chi connectivity index (χ0v) is 25.2. The van der Waals surface area contributed by atoms with Gasteiger partial charge in [0.25, 0.3) is 5.56 Å². The summed E-state index contributed by atoms with van der Waals surface area (Å²) in [6.07, 6.45) is 8.57. The van der Waals surface area contributed by atoms with Crippen LogP contribution in [-0.4, -0.2) is 96.6 Å². The predicted octanol–water partition coefficient (Wildman–Crippen LogP) is 2.20. The Labute approximate surface area is 253 Å². The van der Waals surface area contributed by atoms with Gasteiger partial charge in [-0.25, -0.2) is 28.4 Å². The molecule has 228 valence electrons. The molecule has 0 bridgehead atoms. The Morgan fingerprint density at radius 3 is 2.48 bits per heavy atom. The maximum atomic E-state index is 13.7. The van der Waals surface area contributed by atoms with E-state index in [0.29, 0.717) is 61.8 Å². The predicted molar refractivity (Wildman–Crippen MR) is 162 cm³/mol. The van der Waals surface area contributed by atoms with Crippen molar-refractivity contribution < 1.29 is 13.2 Å². The third-order valence-electron chi connectivity index (χ3n) is 7.38. The molecular weight excluding hydrogens is 584 g/mol. The van der Waals surface area contributed by atoms with E-state index in [9.17, 15) is 13.2 Å². The topological polar surface area (TPSA) is 165 Å². The summed E-state index contributed by atoms with van der Waals surface area (Å²) in [5, 5.41) is 4.57. The lowest BCUT2D eigenvalue weighted by molar-refractivity contribution is 0.196. The maximum Gasteiger partial charge on any atom is 0.279 e. The first-order valence-corrected chi connectivity index (χ1v) is 15.9. The Balaban J connectivity index is 1.49. The Kier molecular flexibility index (Phi) is 8.41. The van der Waals surface area contributed by atoms with E-state index < -0.39 is 15.6 Å². The van der Waals surface area contributed by atoms with Gasteiger partial charge in [-0.2, -0.15) is 9.40 Å². The van der Waals surface area contributed by atoms with Gasteiger partial charge in [-0.05, 0) is 37.2 Å². The first-order valence-electron chi connectivity index (χ1n) is 14.4. The first kappa shape index (κ1) is 29.5. The molecule has 0 radical (unpaired) electrons. The number of sulfonamides is 1. The number of ether oxygens (including phenoxy) is 1. The number of nitrogens with zero attached hydrogens (tertiary/aromatic N) is 9. The zero-order chi connectivity index (χ0) is 30.7. The summed E-state index contributed by atoms with van der Waals surface area (Å²) in [5.41, 5.74) is 1.37. The average molecular weight is 617 g/mol. The summed E-state index contributed by atoms with van der Waals surface area (Å²) in [6, 6.07) is 6.81. The molecule has 5 aromatic heterocycles. The number of H-pyrrole nitrogens is 1. The van der Waals surface area contributed by atoms with Crippen molar-refractivity contribution in [2.75, 3.05) is 39.3 Å². The van der Waals surface area contributed by atoms with Gasteiger partial charge in [0.15, 0.2) is 5.52 Å². The van der Waals surface area contributed by atoms with Crippen molar-refractivity contribution in [3.8, 4) is 28.5 Å². The van der Waals surface area contributed by atoms with E-state index in [2.05, 4.69) is 41.8 Å². The Hall–Kier alpha value is -4.60. The van der Waals surface area contributed by atoms with E-state index in [4.69, 9.17) is 9.72 Å². The smallest absolute Gasteiger partial charge is 0.279 e. The number of pyridine rings is 2. The lowest BCUT2D eigenvalue weighted by atomic mass is 10.1. The number of hydrogen-bond donors (Lipinski definition) is 1. The molecule has 0 amide bonds. The molecule has 1 N–H and O–H groups in total. The van der Waals surface area contributed by atoms with Gasteiger partial charge in [0.1, 0.15) is 28.6 Å². The molecule has 0 unspecified atom stereocenters. The van der Waals surface area contributed by atoms with Crippen LogP contribution in [0.3, 0.4) is 0 Å². The molecule has 0 atom stereocenters. The van der Waals surface area contributed by atoms with Crippen LogP contribution in [0.5, 0.6) is 5.88 Å². The second-order valence-corrected chi connectivity index (χ2v) is 12.2. The van der Waals surface area contributed by atoms with Crippen molar-refractivity contribution in [1.82, 2.24) is 48.9 Å². The summed E-state index contributed by atoms with van der Waals surface area (Å²) in [7, 11) is -3.87. The second kappa shape index (κ2) is 12.6. The Bertz CT molecular complexity index is 1920. The van der Waals surface area contributed by atoms with Gasteiger partial charge in [-0.15, -0.1) is 0 Å². The van der Waals surface area contributed by atoms with Crippen LogP contribution < -0.4 is 10.3 Å². The SMILES string of the molecule is CCCOc1ncc(S(=O)(=O)N2CCN(CC)CC2)cc1-c1nc2c(-c3cccnc3)n(Cc3ncccn3)nc2c(=O)[nH]1. The minimum Gasteiger partial charge on any atom is -0.477 e. The van der Waals surface area contributed by atoms with E-state index in [1.54, 1.807) is 41.6 Å². The van der Waals surface area contributed by atoms with Crippen molar-refractivity contribution in [2.24, 2.45) is 0 Å². The number of hydrogen-bond acceptors (Lipinski definition) is 11. The normalized spacial score (nSPS) is 14.7. The lowest BCUT2D eigenvalue weighted by Gasteiger charge is -2.33. The number of likely N-dealkylation sites (N-methyl/N-ethyl adjacent to an activating group) is 1. The van der Waals surface area contributed by atoms with Crippen molar-refractivity contribution in [1.29, 1.82) is 0 Å². The molecule has 1 saturated heterocycles. The molecule has 1 fully saturated rings. The van der Waals surface area contributed by atoms with Crippen molar-refractivity contribution in [3.63, 3.8) is 0 Å². The molecule has 44 heavy (non-hydrogen) atoms. The molecule has 0 saturated carbocycles. The minimum atomic E-state index is -3.87. The lowest BCUT2D eigenvalue weighted by Crippen LogP contribution is -2.48. The first-order chi connectivity index (χ1) is 21.4. The molecule has 0 aromatic carbocycles. The fourth-order valence-corrected chi connectivity index (χ4v) is 6.48. The quantitative estimate of drug-likeness (QED) is 0.244. The fraction of sp³-hybridized carbons (Fsp3) is 0.345. The summed E-state index contributed by atoms with van der Waals surface area (Å²) < 4.78 is 36.4. The van der Waals surface area contributed by atoms with E-state index in [1.807, 2.05) is 13.0 Å². The molecule has 15 heteroatoms. The van der Waals surface area contributed by atoms with Gasteiger partial charge < -0.3 is 14.6 Å². The molecule has 5 aromatic rings. The van der Waals surface area contributed by atoms with E-state index in [1.165, 1.54) is 16.6 Å². The zero-order valence-electron chi connectivity index (χ0n) is 24.4. The highest BCUT2D eigenvalue weighted by molar-refractivity contribution is 7.89. The van der Waals surface area contributed by atoms with Crippen molar-refractivity contribution in [2.45, 2.75) is 31.7 Å². The third kappa shape index (κ3) is 5.80. The fourth-order valence-electron chi connectivity index (χ4n) is 5.09. The van der Waals surface area contributed by atoms with Crippen LogP contribution in [0.15, 0.2) is 64.9 Å². The van der Waals surface area contributed by atoms with Gasteiger partial charge in [-0.3, -0.25) is 14.5 Å². The van der Waals surface area contributed by atoms with Crippen LogP contribution in [0.1, 0.15) is 26.1 Å². The van der Waals surface area contributed by atoms with E-state index in [-0.39, 0.29) is 34.2 Å². The van der Waals surface area contributed by atoms with Crippen molar-refractivity contribution >= 4 is 21.1 Å². The molecular formula is C29H32N10O4S. The van der Waals surface area contributed by atoms with Gasteiger partial charge in [0.2, 0.25) is 15.9 Å². The summed E-state index contributed by atoms with van der Waals surface area (Å²) in [4.78, 5) is 40.6. The average Bonchev–Trinajstić information content (AvgIpc) is 3.42. The summed E-state index contributed by atoms with van der Waals surface area (Å²) in [6.45, 7) is 7.43. The van der Waals surface area contributed by atoms with Gasteiger partial charge in [-0.1, -0.05) is 13.8 Å². The molecule has 6 rings (SSSR count). The molecule has 1 aliphatic heterocycles. The standard InChI is InChI=1S/C29H32N10O4S/c1-3-15-43-29-22(16-21(18-33-29)44(41,42)38-13-11-37(4-2)12-14-38)27-34-24-25(28(40)35-27)36-39(19-23-31-9-6-10-32-23)26(24)20-7-5-8-30-17-20/h5-10,16-18H,3-4,11-15,19H2,1-2H3,(H,34,35,40). The Morgan fingerprint density at radius 1 is 0.977 bits per heavy atom. The van der Waals surface area contributed by atoms with Crippen LogP contribution in [0.2, 0.25) is 0 Å². The largest absolute Gasteiger partial charge is 0.477 e. The maximum absolute atomic E-state index is 13.7. The molecule has 6 heterocycles. The number of nitrogens with one attached hydrogen (secondary N) is 1. The van der Waals surface area contributed by atoms with Crippen LogP contribution in [0, 0.1) is 0 Å². The monoisotopic (exact) mass is 616 g/mol. The number of rotatable bonds is 10. The number of fused-ring (bicyclic) bond motifs is 1. The minimum absolute atomic E-state index is 0.00607. The highest BCUT2D eigenvalue weighted by Crippen LogP contribution is 2.32. The molecule has 0 aliphatic carbocycles. The van der Waals surface area contributed by atoms with Crippen molar-refractivity contribution in [3.05, 3.63) is 71.4 Å². The third-order valence-corrected chi connectivity index (χ3v) is 9.25.